The molecule has 0 unspecified atom stereocenters. The van der Waals surface area contributed by atoms with Crippen molar-refractivity contribution in [2.24, 2.45) is 0 Å². The first-order chi connectivity index (χ1) is 11.3. The van der Waals surface area contributed by atoms with E-state index in [9.17, 15) is 4.79 Å². The molecule has 120 valence electrons. The van der Waals surface area contributed by atoms with E-state index in [1.807, 2.05) is 48.2 Å². The summed E-state index contributed by atoms with van der Waals surface area (Å²) >= 11 is 0. The smallest absolute Gasteiger partial charge is 0.253 e. The van der Waals surface area contributed by atoms with Crippen LogP contribution in [-0.4, -0.2) is 48.6 Å². The minimum Gasteiger partial charge on any atom is -0.494 e. The summed E-state index contributed by atoms with van der Waals surface area (Å²) in [6.45, 7) is 5.72. The highest BCUT2D eigenvalue weighted by molar-refractivity contribution is 5.94. The van der Waals surface area contributed by atoms with Crippen LogP contribution >= 0.6 is 0 Å². The summed E-state index contributed by atoms with van der Waals surface area (Å²) < 4.78 is 5.41. The topological polar surface area (TPSA) is 45.7 Å². The van der Waals surface area contributed by atoms with Gasteiger partial charge in [0.25, 0.3) is 5.91 Å². The molecule has 0 aliphatic carbocycles. The second-order valence-corrected chi connectivity index (χ2v) is 5.44. The van der Waals surface area contributed by atoms with Crippen molar-refractivity contribution in [1.82, 2.24) is 9.88 Å². The second-order valence-electron chi connectivity index (χ2n) is 5.44. The first-order valence-electron chi connectivity index (χ1n) is 7.95. The predicted molar refractivity (Wildman–Crippen MR) is 90.0 cm³/mol. The van der Waals surface area contributed by atoms with Crippen molar-refractivity contribution < 1.29 is 9.53 Å². The van der Waals surface area contributed by atoms with E-state index in [0.29, 0.717) is 12.2 Å². The monoisotopic (exact) mass is 311 g/mol. The van der Waals surface area contributed by atoms with Gasteiger partial charge < -0.3 is 14.5 Å². The molecule has 23 heavy (non-hydrogen) atoms. The molecular weight excluding hydrogens is 290 g/mol. The summed E-state index contributed by atoms with van der Waals surface area (Å²) in [6, 6.07) is 11.4. The number of carbonyl (C=O) groups excluding carboxylic acids is 1. The first-order valence-corrected chi connectivity index (χ1v) is 7.95. The van der Waals surface area contributed by atoms with Crippen LogP contribution in [-0.2, 0) is 0 Å². The van der Waals surface area contributed by atoms with Gasteiger partial charge in [-0.15, -0.1) is 0 Å². The van der Waals surface area contributed by atoms with Crippen molar-refractivity contribution in [3.63, 3.8) is 0 Å². The normalized spacial score (nSPS) is 14.7. The van der Waals surface area contributed by atoms with Crippen molar-refractivity contribution in [1.29, 1.82) is 0 Å². The molecule has 3 rings (SSSR count). The van der Waals surface area contributed by atoms with Gasteiger partial charge in [-0.2, -0.15) is 0 Å². The lowest BCUT2D eigenvalue weighted by Crippen LogP contribution is -2.48. The van der Waals surface area contributed by atoms with Crippen LogP contribution in [0, 0.1) is 0 Å². The largest absolute Gasteiger partial charge is 0.494 e. The summed E-state index contributed by atoms with van der Waals surface area (Å²) in [7, 11) is 0. The molecule has 1 aliphatic rings. The van der Waals surface area contributed by atoms with Gasteiger partial charge in [0.1, 0.15) is 5.75 Å². The lowest BCUT2D eigenvalue weighted by Gasteiger charge is -2.36. The molecule has 2 aromatic rings. The van der Waals surface area contributed by atoms with Crippen molar-refractivity contribution in [3.05, 3.63) is 54.4 Å². The number of benzene rings is 1. The van der Waals surface area contributed by atoms with Gasteiger partial charge in [0.15, 0.2) is 0 Å². The molecule has 1 fully saturated rings. The Morgan fingerprint density at radius 1 is 1.04 bits per heavy atom. The quantitative estimate of drug-likeness (QED) is 0.870. The lowest BCUT2D eigenvalue weighted by atomic mass is 10.1. The third kappa shape index (κ3) is 3.62. The minimum atomic E-state index is 0.0856. The standard InChI is InChI=1S/C18H21N3O2/c1-2-23-17-5-3-15(4-6-17)18(22)21-13-11-20(12-14-21)16-7-9-19-10-8-16/h3-10H,2,11-14H2,1H3. The van der Waals surface area contributed by atoms with Gasteiger partial charge in [0.05, 0.1) is 6.61 Å². The van der Waals surface area contributed by atoms with Crippen LogP contribution in [0.15, 0.2) is 48.8 Å². The fourth-order valence-corrected chi connectivity index (χ4v) is 2.77. The number of carbonyl (C=O) groups is 1. The number of hydrogen-bond acceptors (Lipinski definition) is 4. The second kappa shape index (κ2) is 7.13. The zero-order valence-corrected chi connectivity index (χ0v) is 13.3. The van der Waals surface area contributed by atoms with Gasteiger partial charge in [0.2, 0.25) is 0 Å². The molecule has 5 heteroatoms. The Morgan fingerprint density at radius 3 is 2.30 bits per heavy atom. The number of rotatable bonds is 4. The van der Waals surface area contributed by atoms with Gasteiger partial charge in [-0.25, -0.2) is 0 Å². The summed E-state index contributed by atoms with van der Waals surface area (Å²) in [5, 5.41) is 0. The van der Waals surface area contributed by atoms with E-state index in [-0.39, 0.29) is 5.91 Å². The lowest BCUT2D eigenvalue weighted by molar-refractivity contribution is 0.0747. The van der Waals surface area contributed by atoms with Gasteiger partial charge >= 0.3 is 0 Å². The van der Waals surface area contributed by atoms with Crippen LogP contribution in [0.25, 0.3) is 0 Å². The summed E-state index contributed by atoms with van der Waals surface area (Å²) in [4.78, 5) is 20.8. The number of anilines is 1. The molecule has 2 heterocycles. The number of amides is 1. The molecule has 5 nitrogen and oxygen atoms in total. The Balaban J connectivity index is 1.59. The molecule has 0 atom stereocenters. The van der Waals surface area contributed by atoms with E-state index in [2.05, 4.69) is 9.88 Å². The number of pyridine rings is 1. The summed E-state index contributed by atoms with van der Waals surface area (Å²) in [5.41, 5.74) is 1.87. The third-order valence-corrected chi connectivity index (χ3v) is 4.01. The van der Waals surface area contributed by atoms with Crippen molar-refractivity contribution >= 4 is 11.6 Å². The molecular formula is C18H21N3O2. The van der Waals surface area contributed by atoms with Gasteiger partial charge in [-0.3, -0.25) is 9.78 Å². The number of nitrogens with zero attached hydrogens (tertiary/aromatic N) is 3. The Hall–Kier alpha value is -2.56. The molecule has 1 aromatic heterocycles. The van der Waals surface area contributed by atoms with Crippen LogP contribution < -0.4 is 9.64 Å². The van der Waals surface area contributed by atoms with E-state index in [1.54, 1.807) is 12.4 Å². The van der Waals surface area contributed by atoms with Crippen LogP contribution in [0.5, 0.6) is 5.75 Å². The van der Waals surface area contributed by atoms with Crippen LogP contribution in [0.1, 0.15) is 17.3 Å². The molecule has 0 radical (unpaired) electrons. The number of piperazine rings is 1. The van der Waals surface area contributed by atoms with Crippen LogP contribution in [0.3, 0.4) is 0 Å². The molecule has 1 saturated heterocycles. The Kier molecular flexibility index (Phi) is 4.76. The first kappa shape index (κ1) is 15.3. The zero-order valence-electron chi connectivity index (χ0n) is 13.3. The maximum atomic E-state index is 12.6. The summed E-state index contributed by atoms with van der Waals surface area (Å²) in [5.74, 6) is 0.883. The molecule has 1 amide bonds. The van der Waals surface area contributed by atoms with Gasteiger partial charge in [-0.1, -0.05) is 0 Å². The maximum Gasteiger partial charge on any atom is 0.253 e. The van der Waals surface area contributed by atoms with E-state index in [0.717, 1.165) is 37.6 Å². The molecule has 0 N–H and O–H groups in total. The van der Waals surface area contributed by atoms with E-state index < -0.39 is 0 Å². The van der Waals surface area contributed by atoms with Crippen molar-refractivity contribution in [2.45, 2.75) is 6.92 Å². The zero-order chi connectivity index (χ0) is 16.1. The fourth-order valence-electron chi connectivity index (χ4n) is 2.77. The van der Waals surface area contributed by atoms with Crippen LogP contribution in [0.2, 0.25) is 0 Å². The van der Waals surface area contributed by atoms with Gasteiger partial charge in [0, 0.05) is 49.8 Å². The average molecular weight is 311 g/mol. The van der Waals surface area contributed by atoms with Crippen molar-refractivity contribution in [3.8, 4) is 5.75 Å². The number of hydrogen-bond donors (Lipinski definition) is 0. The fraction of sp³-hybridized carbons (Fsp3) is 0.333. The summed E-state index contributed by atoms with van der Waals surface area (Å²) in [6.07, 6.45) is 3.60. The molecule has 0 bridgehead atoms. The average Bonchev–Trinajstić information content (AvgIpc) is 2.63. The Labute approximate surface area is 136 Å². The SMILES string of the molecule is CCOc1ccc(C(=O)N2CCN(c3ccncc3)CC2)cc1. The van der Waals surface area contributed by atoms with E-state index in [4.69, 9.17) is 4.74 Å². The molecule has 1 aromatic carbocycles. The highest BCUT2D eigenvalue weighted by atomic mass is 16.5. The third-order valence-electron chi connectivity index (χ3n) is 4.01. The van der Waals surface area contributed by atoms with E-state index in [1.165, 1.54) is 0 Å². The van der Waals surface area contributed by atoms with E-state index >= 15 is 0 Å². The predicted octanol–water partition coefficient (Wildman–Crippen LogP) is 2.44. The number of ether oxygens (including phenoxy) is 1. The number of aromatic nitrogens is 1. The minimum absolute atomic E-state index is 0.0856. The highest BCUT2D eigenvalue weighted by Crippen LogP contribution is 2.17. The molecule has 0 saturated carbocycles. The highest BCUT2D eigenvalue weighted by Gasteiger charge is 2.22. The Bertz CT molecular complexity index is 635. The Morgan fingerprint density at radius 2 is 1.70 bits per heavy atom. The molecule has 0 spiro atoms. The maximum absolute atomic E-state index is 12.6. The molecule has 1 aliphatic heterocycles. The van der Waals surface area contributed by atoms with Crippen LogP contribution in [0.4, 0.5) is 5.69 Å². The van der Waals surface area contributed by atoms with Crippen molar-refractivity contribution in [2.75, 3.05) is 37.7 Å². The van der Waals surface area contributed by atoms with Gasteiger partial charge in [-0.05, 0) is 43.3 Å².